The first-order chi connectivity index (χ1) is 12.8. The summed E-state index contributed by atoms with van der Waals surface area (Å²) in [6.45, 7) is 5.09. The minimum Gasteiger partial charge on any atom is -0.343 e. The van der Waals surface area contributed by atoms with Gasteiger partial charge in [0.2, 0.25) is 5.91 Å². The van der Waals surface area contributed by atoms with E-state index in [2.05, 4.69) is 10.2 Å². The summed E-state index contributed by atoms with van der Waals surface area (Å²) in [6, 6.07) is 2.97. The molecular formula is C19H26F2N4O2. The third-order valence-electron chi connectivity index (χ3n) is 5.84. The number of anilines is 1. The van der Waals surface area contributed by atoms with Crippen LogP contribution >= 0.6 is 0 Å². The van der Waals surface area contributed by atoms with Crippen LogP contribution in [0.25, 0.3) is 0 Å². The van der Waals surface area contributed by atoms with E-state index < -0.39 is 11.6 Å². The van der Waals surface area contributed by atoms with E-state index in [9.17, 15) is 18.4 Å². The number of nitrogens with one attached hydrogen (secondary N) is 1. The van der Waals surface area contributed by atoms with Crippen molar-refractivity contribution in [3.8, 4) is 0 Å². The van der Waals surface area contributed by atoms with Crippen LogP contribution in [0.5, 0.6) is 0 Å². The van der Waals surface area contributed by atoms with E-state index in [4.69, 9.17) is 0 Å². The molecule has 6 nitrogen and oxygen atoms in total. The Morgan fingerprint density at radius 2 is 1.96 bits per heavy atom. The average molecular weight is 380 g/mol. The summed E-state index contributed by atoms with van der Waals surface area (Å²) in [6.07, 6.45) is 1.97. The Labute approximate surface area is 158 Å². The number of likely N-dealkylation sites (N-methyl/N-ethyl adjacent to an activating group) is 1. The lowest BCUT2D eigenvalue weighted by Gasteiger charge is -2.49. The molecule has 1 atom stereocenters. The Morgan fingerprint density at radius 3 is 2.67 bits per heavy atom. The molecule has 2 aliphatic rings. The number of carbonyl (C=O) groups excluding carboxylic acids is 2. The second kappa shape index (κ2) is 7.80. The van der Waals surface area contributed by atoms with Crippen LogP contribution in [-0.2, 0) is 4.79 Å². The number of piperazine rings is 1. The summed E-state index contributed by atoms with van der Waals surface area (Å²) >= 11 is 0. The zero-order valence-electron chi connectivity index (χ0n) is 15.8. The molecule has 3 amide bonds. The fourth-order valence-corrected chi connectivity index (χ4v) is 3.98. The van der Waals surface area contributed by atoms with Crippen LogP contribution in [0, 0.1) is 11.6 Å². The van der Waals surface area contributed by atoms with Crippen LogP contribution in [0.4, 0.5) is 19.3 Å². The SMILES string of the molecule is CCN1CC[C@]2(CCC1=O)CN(C(=O)Nc1ccc(F)c(F)c1)CCN2C. The van der Waals surface area contributed by atoms with Gasteiger partial charge in [-0.1, -0.05) is 0 Å². The van der Waals surface area contributed by atoms with E-state index in [1.807, 2.05) is 18.9 Å². The van der Waals surface area contributed by atoms with Crippen LogP contribution in [-0.4, -0.2) is 71.9 Å². The number of benzene rings is 1. The molecule has 1 aromatic rings. The second-order valence-electron chi connectivity index (χ2n) is 7.35. The van der Waals surface area contributed by atoms with Crippen molar-refractivity contribution in [2.24, 2.45) is 0 Å². The van der Waals surface area contributed by atoms with Gasteiger partial charge >= 0.3 is 6.03 Å². The normalized spacial score (nSPS) is 24.2. The molecule has 0 aliphatic carbocycles. The van der Waals surface area contributed by atoms with Gasteiger partial charge in [0.15, 0.2) is 11.6 Å². The summed E-state index contributed by atoms with van der Waals surface area (Å²) in [5, 5.41) is 2.65. The van der Waals surface area contributed by atoms with E-state index in [-0.39, 0.29) is 23.2 Å². The van der Waals surface area contributed by atoms with Crippen molar-refractivity contribution in [3.05, 3.63) is 29.8 Å². The van der Waals surface area contributed by atoms with Gasteiger partial charge < -0.3 is 15.1 Å². The molecule has 2 fully saturated rings. The first kappa shape index (κ1) is 19.5. The van der Waals surface area contributed by atoms with E-state index in [0.717, 1.165) is 18.6 Å². The maximum absolute atomic E-state index is 13.4. The van der Waals surface area contributed by atoms with Crippen molar-refractivity contribution in [3.63, 3.8) is 0 Å². The lowest BCUT2D eigenvalue weighted by atomic mass is 9.86. The number of hydrogen-bond acceptors (Lipinski definition) is 3. The van der Waals surface area contributed by atoms with Gasteiger partial charge in [-0.15, -0.1) is 0 Å². The fourth-order valence-electron chi connectivity index (χ4n) is 3.98. The van der Waals surface area contributed by atoms with Crippen molar-refractivity contribution in [2.75, 3.05) is 45.1 Å². The number of hydrogen-bond donors (Lipinski definition) is 1. The van der Waals surface area contributed by atoms with Gasteiger partial charge in [0.25, 0.3) is 0 Å². The molecule has 0 bridgehead atoms. The van der Waals surface area contributed by atoms with Crippen molar-refractivity contribution in [1.29, 1.82) is 0 Å². The molecule has 2 saturated heterocycles. The maximum Gasteiger partial charge on any atom is 0.321 e. The van der Waals surface area contributed by atoms with Crippen LogP contribution < -0.4 is 5.32 Å². The van der Waals surface area contributed by atoms with Gasteiger partial charge in [-0.05, 0) is 38.9 Å². The van der Waals surface area contributed by atoms with Crippen LogP contribution in [0.2, 0.25) is 0 Å². The largest absolute Gasteiger partial charge is 0.343 e. The number of halogens is 2. The molecule has 1 spiro atoms. The molecule has 0 saturated carbocycles. The summed E-state index contributed by atoms with van der Waals surface area (Å²) in [4.78, 5) is 30.7. The van der Waals surface area contributed by atoms with Crippen LogP contribution in [0.3, 0.4) is 0 Å². The number of likely N-dealkylation sites (tertiary alicyclic amines) is 1. The summed E-state index contributed by atoms with van der Waals surface area (Å²) < 4.78 is 26.4. The maximum atomic E-state index is 13.4. The van der Waals surface area contributed by atoms with Crippen LogP contribution in [0.15, 0.2) is 18.2 Å². The smallest absolute Gasteiger partial charge is 0.321 e. The summed E-state index contributed by atoms with van der Waals surface area (Å²) in [5.41, 5.74) is -0.0245. The van der Waals surface area contributed by atoms with E-state index in [1.165, 1.54) is 6.07 Å². The van der Waals surface area contributed by atoms with Gasteiger partial charge in [-0.25, -0.2) is 13.6 Å². The van der Waals surface area contributed by atoms with Crippen molar-refractivity contribution in [1.82, 2.24) is 14.7 Å². The Hall–Kier alpha value is -2.22. The predicted molar refractivity (Wildman–Crippen MR) is 98.4 cm³/mol. The molecule has 1 N–H and O–H groups in total. The van der Waals surface area contributed by atoms with E-state index >= 15 is 0 Å². The first-order valence-electron chi connectivity index (χ1n) is 9.34. The Balaban J connectivity index is 1.71. The molecule has 27 heavy (non-hydrogen) atoms. The fraction of sp³-hybridized carbons (Fsp3) is 0.579. The van der Waals surface area contributed by atoms with Gasteiger partial charge in [-0.2, -0.15) is 0 Å². The Bertz CT molecular complexity index is 730. The quantitative estimate of drug-likeness (QED) is 0.858. The van der Waals surface area contributed by atoms with Gasteiger partial charge in [-0.3, -0.25) is 9.69 Å². The molecule has 3 rings (SSSR count). The Morgan fingerprint density at radius 1 is 1.19 bits per heavy atom. The van der Waals surface area contributed by atoms with E-state index in [0.29, 0.717) is 45.6 Å². The molecule has 2 heterocycles. The summed E-state index contributed by atoms with van der Waals surface area (Å²) in [5.74, 6) is -1.79. The third-order valence-corrected chi connectivity index (χ3v) is 5.84. The van der Waals surface area contributed by atoms with Crippen molar-refractivity contribution < 1.29 is 18.4 Å². The number of rotatable bonds is 2. The van der Waals surface area contributed by atoms with E-state index in [1.54, 1.807) is 4.90 Å². The zero-order valence-corrected chi connectivity index (χ0v) is 15.8. The van der Waals surface area contributed by atoms with Gasteiger partial charge in [0, 0.05) is 56.4 Å². The highest BCUT2D eigenvalue weighted by Gasteiger charge is 2.43. The molecular weight excluding hydrogens is 354 g/mol. The Kier molecular flexibility index (Phi) is 5.64. The average Bonchev–Trinajstić information content (AvgIpc) is 2.80. The van der Waals surface area contributed by atoms with Gasteiger partial charge in [0.1, 0.15) is 0 Å². The number of nitrogens with zero attached hydrogens (tertiary/aromatic N) is 3. The number of amides is 3. The second-order valence-corrected chi connectivity index (χ2v) is 7.35. The highest BCUT2D eigenvalue weighted by atomic mass is 19.2. The first-order valence-corrected chi connectivity index (χ1v) is 9.34. The molecule has 0 unspecified atom stereocenters. The predicted octanol–water partition coefficient (Wildman–Crippen LogP) is 2.52. The highest BCUT2D eigenvalue weighted by Crippen LogP contribution is 2.32. The highest BCUT2D eigenvalue weighted by molar-refractivity contribution is 5.89. The molecule has 8 heteroatoms. The van der Waals surface area contributed by atoms with Crippen molar-refractivity contribution in [2.45, 2.75) is 31.7 Å². The zero-order chi connectivity index (χ0) is 19.6. The molecule has 2 aliphatic heterocycles. The van der Waals surface area contributed by atoms with Gasteiger partial charge in [0.05, 0.1) is 0 Å². The lowest BCUT2D eigenvalue weighted by molar-refractivity contribution is -0.130. The lowest BCUT2D eigenvalue weighted by Crippen LogP contribution is -2.62. The third kappa shape index (κ3) is 4.05. The van der Waals surface area contributed by atoms with Crippen molar-refractivity contribution >= 4 is 17.6 Å². The topological polar surface area (TPSA) is 55.9 Å². The minimum atomic E-state index is -0.996. The molecule has 148 valence electrons. The number of carbonyl (C=O) groups is 2. The summed E-state index contributed by atoms with van der Waals surface area (Å²) in [7, 11) is 2.04. The van der Waals surface area contributed by atoms with Crippen LogP contribution in [0.1, 0.15) is 26.2 Å². The molecule has 0 aromatic heterocycles. The number of urea groups is 1. The minimum absolute atomic E-state index is 0.158. The standard InChI is InChI=1S/C19H26F2N4O2/c1-3-24-9-8-19(7-6-17(24)26)13-25(11-10-23(19)2)18(27)22-14-4-5-15(20)16(21)12-14/h4-5,12H,3,6-11,13H2,1-2H3,(H,22,27)/t19-/m1/s1. The molecule has 0 radical (unpaired) electrons. The molecule has 1 aromatic carbocycles. The monoisotopic (exact) mass is 380 g/mol.